The number of aromatic nitrogens is 1. The highest BCUT2D eigenvalue weighted by Crippen LogP contribution is 2.21. The maximum absolute atomic E-state index is 13.4. The van der Waals surface area contributed by atoms with E-state index in [-0.39, 0.29) is 5.82 Å². The molecule has 0 unspecified atom stereocenters. The van der Waals surface area contributed by atoms with E-state index in [0.717, 1.165) is 18.7 Å². The quantitative estimate of drug-likeness (QED) is 0.858. The summed E-state index contributed by atoms with van der Waals surface area (Å²) in [5.41, 5.74) is 0.401. The Balaban J connectivity index is 2.22. The summed E-state index contributed by atoms with van der Waals surface area (Å²) in [7, 11) is 1.87. The summed E-state index contributed by atoms with van der Waals surface area (Å²) in [4.78, 5) is 4.07. The Kier molecular flexibility index (Phi) is 3.31. The van der Waals surface area contributed by atoms with Crippen LogP contribution in [0.1, 0.15) is 5.76 Å². The molecule has 16 heavy (non-hydrogen) atoms. The van der Waals surface area contributed by atoms with Crippen LogP contribution in [0, 0.1) is 5.82 Å². The van der Waals surface area contributed by atoms with Gasteiger partial charge in [-0.15, -0.1) is 0 Å². The summed E-state index contributed by atoms with van der Waals surface area (Å²) in [5.74, 6) is 0.779. The van der Waals surface area contributed by atoms with Gasteiger partial charge < -0.3 is 9.73 Å². The Morgan fingerprint density at radius 1 is 1.38 bits per heavy atom. The van der Waals surface area contributed by atoms with Gasteiger partial charge in [0.15, 0.2) is 0 Å². The van der Waals surface area contributed by atoms with Crippen LogP contribution in [-0.4, -0.2) is 18.6 Å². The van der Waals surface area contributed by atoms with E-state index in [9.17, 15) is 4.39 Å². The first-order valence-corrected chi connectivity index (χ1v) is 5.15. The third-order valence-electron chi connectivity index (χ3n) is 2.28. The predicted octanol–water partition coefficient (Wildman–Crippen LogP) is 2.24. The monoisotopic (exact) mass is 220 g/mol. The molecule has 0 aliphatic heterocycles. The number of likely N-dealkylation sites (N-methyl/N-ethyl adjacent to an activating group) is 1. The molecule has 1 N–H and O–H groups in total. The molecule has 0 spiro atoms. The minimum atomic E-state index is -0.315. The number of hydrogen-bond acceptors (Lipinski definition) is 3. The molecule has 4 heteroatoms. The Morgan fingerprint density at radius 2 is 2.19 bits per heavy atom. The fraction of sp³-hybridized carbons (Fsp3) is 0.250. The highest BCUT2D eigenvalue weighted by atomic mass is 19.1. The van der Waals surface area contributed by atoms with Gasteiger partial charge in [0.25, 0.3) is 0 Å². The number of nitrogens with zero attached hydrogens (tertiary/aromatic N) is 1. The van der Waals surface area contributed by atoms with E-state index in [0.29, 0.717) is 11.5 Å². The zero-order valence-electron chi connectivity index (χ0n) is 9.03. The molecule has 1 aromatic heterocycles. The standard InChI is InChI=1S/C12H13FN2O/c1-14-7-6-9-8-15-12(16-9)10-4-2-3-5-11(10)13/h2-5,8,14H,6-7H2,1H3. The van der Waals surface area contributed by atoms with E-state index in [4.69, 9.17) is 4.42 Å². The van der Waals surface area contributed by atoms with Crippen molar-refractivity contribution in [3.05, 3.63) is 42.0 Å². The van der Waals surface area contributed by atoms with E-state index in [1.165, 1.54) is 6.07 Å². The van der Waals surface area contributed by atoms with Crippen LogP contribution in [0.2, 0.25) is 0 Å². The molecule has 0 radical (unpaired) electrons. The largest absolute Gasteiger partial charge is 0.441 e. The van der Waals surface area contributed by atoms with Gasteiger partial charge >= 0.3 is 0 Å². The van der Waals surface area contributed by atoms with Crippen LogP contribution in [-0.2, 0) is 6.42 Å². The molecule has 0 saturated heterocycles. The molecule has 0 saturated carbocycles. The summed E-state index contributed by atoms with van der Waals surface area (Å²) >= 11 is 0. The maximum Gasteiger partial charge on any atom is 0.229 e. The highest BCUT2D eigenvalue weighted by molar-refractivity contribution is 5.53. The topological polar surface area (TPSA) is 38.1 Å². The number of benzene rings is 1. The van der Waals surface area contributed by atoms with Gasteiger partial charge in [0.2, 0.25) is 5.89 Å². The molecule has 0 aliphatic carbocycles. The number of hydrogen-bond donors (Lipinski definition) is 1. The summed E-state index contributed by atoms with van der Waals surface area (Å²) in [5, 5.41) is 3.01. The normalized spacial score (nSPS) is 10.6. The molecule has 1 heterocycles. The van der Waals surface area contributed by atoms with Crippen molar-refractivity contribution < 1.29 is 8.81 Å². The Bertz CT molecular complexity index is 468. The average molecular weight is 220 g/mol. The first-order chi connectivity index (χ1) is 7.81. The summed E-state index contributed by atoms with van der Waals surface area (Å²) in [6.45, 7) is 0.811. The molecule has 0 atom stereocenters. The molecule has 0 bridgehead atoms. The van der Waals surface area contributed by atoms with Crippen molar-refractivity contribution in [2.45, 2.75) is 6.42 Å². The van der Waals surface area contributed by atoms with E-state index in [1.807, 2.05) is 7.05 Å². The molecule has 3 nitrogen and oxygen atoms in total. The van der Waals surface area contributed by atoms with Crippen LogP contribution in [0.25, 0.3) is 11.5 Å². The van der Waals surface area contributed by atoms with E-state index < -0.39 is 0 Å². The predicted molar refractivity (Wildman–Crippen MR) is 59.5 cm³/mol. The average Bonchev–Trinajstić information content (AvgIpc) is 2.75. The Hall–Kier alpha value is -1.68. The van der Waals surface area contributed by atoms with E-state index >= 15 is 0 Å². The fourth-order valence-corrected chi connectivity index (χ4v) is 1.43. The van der Waals surface area contributed by atoms with Crippen molar-refractivity contribution in [2.24, 2.45) is 0 Å². The van der Waals surface area contributed by atoms with Gasteiger partial charge in [0.05, 0.1) is 11.8 Å². The maximum atomic E-state index is 13.4. The summed E-state index contributed by atoms with van der Waals surface area (Å²) in [6.07, 6.45) is 2.39. The zero-order valence-corrected chi connectivity index (χ0v) is 9.03. The smallest absolute Gasteiger partial charge is 0.229 e. The van der Waals surface area contributed by atoms with Gasteiger partial charge in [-0.2, -0.15) is 0 Å². The van der Waals surface area contributed by atoms with Crippen molar-refractivity contribution in [3.63, 3.8) is 0 Å². The molecule has 1 aromatic carbocycles. The molecule has 2 rings (SSSR count). The second-order valence-electron chi connectivity index (χ2n) is 3.47. The number of oxazole rings is 1. The van der Waals surface area contributed by atoms with Crippen LogP contribution in [0.5, 0.6) is 0 Å². The van der Waals surface area contributed by atoms with Crippen molar-refractivity contribution in [2.75, 3.05) is 13.6 Å². The molecule has 0 fully saturated rings. The number of halogens is 1. The minimum Gasteiger partial charge on any atom is -0.441 e. The number of rotatable bonds is 4. The molecular formula is C12H13FN2O. The van der Waals surface area contributed by atoms with Crippen molar-refractivity contribution in [1.29, 1.82) is 0 Å². The zero-order chi connectivity index (χ0) is 11.4. The van der Waals surface area contributed by atoms with Gasteiger partial charge in [0.1, 0.15) is 11.6 Å². The van der Waals surface area contributed by atoms with Crippen molar-refractivity contribution >= 4 is 0 Å². The second-order valence-corrected chi connectivity index (χ2v) is 3.47. The molecule has 2 aromatic rings. The minimum absolute atomic E-state index is 0.315. The second kappa shape index (κ2) is 4.90. The van der Waals surface area contributed by atoms with Crippen LogP contribution < -0.4 is 5.32 Å². The SMILES string of the molecule is CNCCc1cnc(-c2ccccc2F)o1. The first-order valence-electron chi connectivity index (χ1n) is 5.15. The van der Waals surface area contributed by atoms with Gasteiger partial charge in [-0.05, 0) is 19.2 Å². The van der Waals surface area contributed by atoms with Crippen molar-refractivity contribution in [3.8, 4) is 11.5 Å². The lowest BCUT2D eigenvalue weighted by Gasteiger charge is -1.97. The van der Waals surface area contributed by atoms with E-state index in [1.54, 1.807) is 24.4 Å². The lowest BCUT2D eigenvalue weighted by atomic mass is 10.2. The third-order valence-corrected chi connectivity index (χ3v) is 2.28. The molecular weight excluding hydrogens is 207 g/mol. The van der Waals surface area contributed by atoms with Gasteiger partial charge in [0, 0.05) is 13.0 Å². The van der Waals surface area contributed by atoms with Crippen LogP contribution in [0.3, 0.4) is 0 Å². The molecule has 0 aliphatic rings. The van der Waals surface area contributed by atoms with E-state index in [2.05, 4.69) is 10.3 Å². The van der Waals surface area contributed by atoms with Crippen LogP contribution >= 0.6 is 0 Å². The van der Waals surface area contributed by atoms with Gasteiger partial charge in [-0.3, -0.25) is 0 Å². The van der Waals surface area contributed by atoms with Gasteiger partial charge in [-0.25, -0.2) is 9.37 Å². The third kappa shape index (κ3) is 2.28. The van der Waals surface area contributed by atoms with Gasteiger partial charge in [-0.1, -0.05) is 12.1 Å². The highest BCUT2D eigenvalue weighted by Gasteiger charge is 2.10. The fourth-order valence-electron chi connectivity index (χ4n) is 1.43. The molecule has 0 amide bonds. The first kappa shape index (κ1) is 10.8. The molecule has 84 valence electrons. The van der Waals surface area contributed by atoms with Crippen molar-refractivity contribution in [1.82, 2.24) is 10.3 Å². The number of nitrogens with one attached hydrogen (secondary N) is 1. The summed E-state index contributed by atoms with van der Waals surface area (Å²) < 4.78 is 18.9. The summed E-state index contributed by atoms with van der Waals surface area (Å²) in [6, 6.07) is 6.45. The van der Waals surface area contributed by atoms with Crippen LogP contribution in [0.4, 0.5) is 4.39 Å². The Morgan fingerprint density at radius 3 is 2.94 bits per heavy atom. The Labute approximate surface area is 93.3 Å². The van der Waals surface area contributed by atoms with Crippen LogP contribution in [0.15, 0.2) is 34.9 Å². The lowest BCUT2D eigenvalue weighted by Crippen LogP contribution is -2.09. The lowest BCUT2D eigenvalue weighted by molar-refractivity contribution is 0.507.